The Balaban J connectivity index is 0.000000248. The van der Waals surface area contributed by atoms with Crippen molar-refractivity contribution < 1.29 is 46.5 Å². The van der Waals surface area contributed by atoms with Gasteiger partial charge in [-0.2, -0.15) is 12.1 Å². The molecule has 2 fully saturated rings. The molecule has 6 aromatic rings. The van der Waals surface area contributed by atoms with Gasteiger partial charge in [0.25, 0.3) is 0 Å². The van der Waals surface area contributed by atoms with Crippen LogP contribution in [0.5, 0.6) is 0 Å². The molecule has 6 aromatic carbocycles. The SMILES string of the molecule is CCCc1ccc(-c2cccc3[cH-]c(C4CCCC4)cc23)cc1.CCCc1ccc(-c2cccc3[cH-]c(C4CCCC4)cc23)cc1.[CH2-]C[CH2-].[Cl-].[Cl-].[Ti+2]. The molecule has 0 saturated heterocycles. The average Bonchev–Trinajstić information content (AvgIpc) is 3.96. The van der Waals surface area contributed by atoms with Gasteiger partial charge in [-0.1, -0.05) is 124 Å². The van der Waals surface area contributed by atoms with Gasteiger partial charge < -0.3 is 45.1 Å². The van der Waals surface area contributed by atoms with Crippen molar-refractivity contribution in [1.29, 1.82) is 0 Å². The van der Waals surface area contributed by atoms with Gasteiger partial charge in [0.15, 0.2) is 0 Å². The molecule has 0 unspecified atom stereocenters. The van der Waals surface area contributed by atoms with Crippen LogP contribution in [0.3, 0.4) is 0 Å². The van der Waals surface area contributed by atoms with Gasteiger partial charge in [0.05, 0.1) is 0 Å². The summed E-state index contributed by atoms with van der Waals surface area (Å²) in [6.07, 6.45) is 16.6. The van der Waals surface area contributed by atoms with Crippen LogP contribution >= 0.6 is 0 Å². The van der Waals surface area contributed by atoms with E-state index in [1.807, 2.05) is 0 Å². The molecule has 0 aromatic heterocycles. The first-order valence-corrected chi connectivity index (χ1v) is 19.3. The Labute approximate surface area is 342 Å². The van der Waals surface area contributed by atoms with Crippen LogP contribution < -0.4 is 24.8 Å². The minimum Gasteiger partial charge on any atom is -1.00 e. The smallest absolute Gasteiger partial charge is 1.00 e. The van der Waals surface area contributed by atoms with Crippen LogP contribution in [-0.4, -0.2) is 0 Å². The van der Waals surface area contributed by atoms with E-state index in [0.29, 0.717) is 0 Å². The molecule has 3 heteroatoms. The fraction of sp³-hybridized carbons (Fsp3) is 0.347. The Bertz CT molecular complexity index is 1740. The van der Waals surface area contributed by atoms with Crippen molar-refractivity contribution in [3.63, 3.8) is 0 Å². The fourth-order valence-electron chi connectivity index (χ4n) is 8.29. The van der Waals surface area contributed by atoms with Crippen molar-refractivity contribution in [2.24, 2.45) is 0 Å². The van der Waals surface area contributed by atoms with E-state index in [1.165, 1.54) is 132 Å². The van der Waals surface area contributed by atoms with E-state index in [2.05, 4.69) is 137 Å². The molecule has 0 radical (unpaired) electrons. The van der Waals surface area contributed by atoms with Gasteiger partial charge in [-0.15, -0.1) is 69.1 Å². The average molecular weight is 764 g/mol. The summed E-state index contributed by atoms with van der Waals surface area (Å²) < 4.78 is 0. The van der Waals surface area contributed by atoms with Crippen LogP contribution in [0.15, 0.2) is 109 Å². The zero-order valence-electron chi connectivity index (χ0n) is 31.4. The molecular formula is C49H56Cl2Ti-4. The fourth-order valence-corrected chi connectivity index (χ4v) is 8.29. The van der Waals surface area contributed by atoms with Crippen molar-refractivity contribution in [3.8, 4) is 22.3 Å². The minimum absolute atomic E-state index is 0. The van der Waals surface area contributed by atoms with Crippen LogP contribution in [-0.2, 0) is 34.6 Å². The maximum atomic E-state index is 3.38. The molecule has 0 spiro atoms. The summed E-state index contributed by atoms with van der Waals surface area (Å²) in [5.41, 5.74) is 11.5. The van der Waals surface area contributed by atoms with Gasteiger partial charge in [0.1, 0.15) is 0 Å². The van der Waals surface area contributed by atoms with Crippen molar-refractivity contribution >= 4 is 21.5 Å². The topological polar surface area (TPSA) is 0 Å². The maximum absolute atomic E-state index is 3.38. The summed E-state index contributed by atoms with van der Waals surface area (Å²) in [6.45, 7) is 11.2. The first-order chi connectivity index (χ1) is 24.1. The Morgan fingerprint density at radius 3 is 1.21 bits per heavy atom. The second kappa shape index (κ2) is 21.9. The number of hydrogen-bond acceptors (Lipinski definition) is 0. The number of fused-ring (bicyclic) bond motifs is 2. The summed E-state index contributed by atoms with van der Waals surface area (Å²) in [5, 5.41) is 5.67. The van der Waals surface area contributed by atoms with Crippen molar-refractivity contribution in [2.75, 3.05) is 0 Å². The number of rotatable bonds is 8. The molecule has 0 heterocycles. The van der Waals surface area contributed by atoms with E-state index in [-0.39, 0.29) is 46.5 Å². The molecule has 0 amide bonds. The van der Waals surface area contributed by atoms with Gasteiger partial charge >= 0.3 is 21.7 Å². The Morgan fingerprint density at radius 1 is 0.538 bits per heavy atom. The Kier molecular flexibility index (Phi) is 18.5. The monoisotopic (exact) mass is 762 g/mol. The third-order valence-electron chi connectivity index (χ3n) is 10.8. The van der Waals surface area contributed by atoms with Gasteiger partial charge in [-0.05, 0) is 72.6 Å². The van der Waals surface area contributed by atoms with Crippen LogP contribution in [0, 0.1) is 13.8 Å². The summed E-state index contributed by atoms with van der Waals surface area (Å²) >= 11 is 0. The first kappa shape index (κ1) is 43.8. The van der Waals surface area contributed by atoms with E-state index in [0.717, 1.165) is 18.3 Å². The molecule has 274 valence electrons. The standard InChI is InChI=1S/2C23H25.C3H6.2ClH.Ti/c2*1-2-6-17-11-13-19(14-12-17)22-10-5-9-20-15-21(16-23(20)22)18-7-3-4-8-18;1-3-2;;;/h2*5,9-16,18H,2-4,6-8H2,1H3;1-3H2;2*1H;/q2*-1;-2;;;+2/p-2. The minimum atomic E-state index is 0. The molecule has 2 aliphatic rings. The molecule has 0 nitrogen and oxygen atoms in total. The van der Waals surface area contributed by atoms with E-state index in [9.17, 15) is 0 Å². The van der Waals surface area contributed by atoms with Gasteiger partial charge in [0.2, 0.25) is 0 Å². The van der Waals surface area contributed by atoms with Crippen molar-refractivity contribution in [3.05, 3.63) is 145 Å². The molecule has 0 atom stereocenters. The molecule has 2 aliphatic carbocycles. The van der Waals surface area contributed by atoms with Crippen molar-refractivity contribution in [2.45, 2.75) is 109 Å². The van der Waals surface area contributed by atoms with E-state index in [4.69, 9.17) is 0 Å². The number of benzene rings is 4. The molecule has 8 rings (SSSR count). The largest absolute Gasteiger partial charge is 2.00 e. The Morgan fingerprint density at radius 2 is 0.885 bits per heavy atom. The zero-order chi connectivity index (χ0) is 34.0. The quantitative estimate of drug-likeness (QED) is 0.108. The number of halogens is 2. The second-order valence-electron chi connectivity index (χ2n) is 14.4. The van der Waals surface area contributed by atoms with Crippen LogP contribution in [0.1, 0.15) is 119 Å². The first-order valence-electron chi connectivity index (χ1n) is 19.3. The molecule has 52 heavy (non-hydrogen) atoms. The van der Waals surface area contributed by atoms with Crippen LogP contribution in [0.2, 0.25) is 0 Å². The van der Waals surface area contributed by atoms with E-state index < -0.39 is 0 Å². The molecule has 2 saturated carbocycles. The second-order valence-corrected chi connectivity index (χ2v) is 14.4. The predicted octanol–water partition coefficient (Wildman–Crippen LogP) is 8.72. The molecule has 0 aliphatic heterocycles. The molecular weight excluding hydrogens is 707 g/mol. The van der Waals surface area contributed by atoms with Crippen LogP contribution in [0.4, 0.5) is 0 Å². The van der Waals surface area contributed by atoms with E-state index in [1.54, 1.807) is 11.1 Å². The van der Waals surface area contributed by atoms with Gasteiger partial charge in [0, 0.05) is 0 Å². The number of hydrogen-bond donors (Lipinski definition) is 0. The molecule has 0 bridgehead atoms. The van der Waals surface area contributed by atoms with E-state index >= 15 is 0 Å². The molecule has 0 N–H and O–H groups in total. The van der Waals surface area contributed by atoms with Gasteiger partial charge in [-0.25, -0.2) is 0 Å². The Hall–Kier alpha value is -2.61. The third-order valence-corrected chi connectivity index (χ3v) is 10.8. The van der Waals surface area contributed by atoms with Crippen LogP contribution in [0.25, 0.3) is 43.8 Å². The summed E-state index contributed by atoms with van der Waals surface area (Å²) in [5.74, 6) is 1.59. The zero-order valence-corrected chi connectivity index (χ0v) is 34.5. The predicted molar refractivity (Wildman–Crippen MR) is 216 cm³/mol. The third kappa shape index (κ3) is 10.8. The maximum Gasteiger partial charge on any atom is 2.00 e. The summed E-state index contributed by atoms with van der Waals surface area (Å²) in [7, 11) is 0. The van der Waals surface area contributed by atoms with Crippen molar-refractivity contribution in [1.82, 2.24) is 0 Å². The summed E-state index contributed by atoms with van der Waals surface area (Å²) in [6, 6.07) is 41.6. The summed E-state index contributed by atoms with van der Waals surface area (Å²) in [4.78, 5) is 0. The van der Waals surface area contributed by atoms with Gasteiger partial charge in [-0.3, -0.25) is 0 Å². The normalized spacial score (nSPS) is 14.1. The number of aryl methyl sites for hydroxylation is 2.